The lowest BCUT2D eigenvalue weighted by atomic mass is 10.1. The first-order chi connectivity index (χ1) is 10.3. The molecule has 1 N–H and O–H groups in total. The molecule has 0 bridgehead atoms. The van der Waals surface area contributed by atoms with Crippen LogP contribution in [0.15, 0.2) is 35.9 Å². The van der Waals surface area contributed by atoms with Gasteiger partial charge in [0, 0.05) is 18.7 Å². The van der Waals surface area contributed by atoms with E-state index in [1.165, 1.54) is 29.2 Å². The van der Waals surface area contributed by atoms with Gasteiger partial charge in [-0.05, 0) is 24.1 Å². The summed E-state index contributed by atoms with van der Waals surface area (Å²) in [7, 11) is 0. The summed E-state index contributed by atoms with van der Waals surface area (Å²) in [4.78, 5) is 24.1. The zero-order valence-corrected chi connectivity index (χ0v) is 11.6. The summed E-state index contributed by atoms with van der Waals surface area (Å²) in [5.74, 6) is -1.33. The Bertz CT molecular complexity index is 605. The molecule has 1 aliphatic heterocycles. The molecule has 1 aromatic rings. The SMILES string of the molecule is O=C(O)c1ccc(CC(=O)N2CC=C(C(F)(F)F)CC2)cc1. The van der Waals surface area contributed by atoms with Crippen LogP contribution in [0.3, 0.4) is 0 Å². The number of carboxylic acid groups (broad SMARTS) is 1. The molecule has 0 spiro atoms. The van der Waals surface area contributed by atoms with Crippen molar-refractivity contribution in [1.82, 2.24) is 4.90 Å². The van der Waals surface area contributed by atoms with Crippen LogP contribution in [-0.4, -0.2) is 41.1 Å². The molecule has 0 aromatic heterocycles. The van der Waals surface area contributed by atoms with Crippen LogP contribution < -0.4 is 0 Å². The van der Waals surface area contributed by atoms with Crippen molar-refractivity contribution < 1.29 is 27.9 Å². The molecule has 0 fully saturated rings. The van der Waals surface area contributed by atoms with Gasteiger partial charge < -0.3 is 10.0 Å². The lowest BCUT2D eigenvalue weighted by molar-refractivity contribution is -0.131. The number of rotatable bonds is 3. The van der Waals surface area contributed by atoms with Crippen molar-refractivity contribution in [2.75, 3.05) is 13.1 Å². The largest absolute Gasteiger partial charge is 0.478 e. The monoisotopic (exact) mass is 313 g/mol. The standard InChI is InChI=1S/C15H14F3NO3/c16-15(17,18)12-5-7-19(8-6-12)13(20)9-10-1-3-11(4-2-10)14(21)22/h1-5H,6-9H2,(H,21,22). The topological polar surface area (TPSA) is 57.6 Å². The first-order valence-corrected chi connectivity index (χ1v) is 6.63. The normalized spacial score (nSPS) is 15.4. The molecule has 1 heterocycles. The van der Waals surface area contributed by atoms with Crippen molar-refractivity contribution in [3.8, 4) is 0 Å². The van der Waals surface area contributed by atoms with E-state index in [2.05, 4.69) is 0 Å². The van der Waals surface area contributed by atoms with E-state index < -0.39 is 17.7 Å². The molecule has 22 heavy (non-hydrogen) atoms. The maximum absolute atomic E-state index is 12.5. The predicted molar refractivity (Wildman–Crippen MR) is 72.4 cm³/mol. The summed E-state index contributed by atoms with van der Waals surface area (Å²) in [6.45, 7) is -0.0156. The Labute approximate surface area is 124 Å². The molecule has 7 heteroatoms. The van der Waals surface area contributed by atoms with Gasteiger partial charge in [-0.3, -0.25) is 4.79 Å². The highest BCUT2D eigenvalue weighted by Crippen LogP contribution is 2.30. The third kappa shape index (κ3) is 3.87. The number of amides is 1. The summed E-state index contributed by atoms with van der Waals surface area (Å²) >= 11 is 0. The van der Waals surface area contributed by atoms with Gasteiger partial charge in [-0.1, -0.05) is 18.2 Å². The molecule has 0 unspecified atom stereocenters. The minimum absolute atomic E-state index is 0.0368. The van der Waals surface area contributed by atoms with Crippen molar-refractivity contribution in [1.29, 1.82) is 0 Å². The zero-order valence-electron chi connectivity index (χ0n) is 11.6. The fourth-order valence-electron chi connectivity index (χ4n) is 2.20. The van der Waals surface area contributed by atoms with Gasteiger partial charge in [0.15, 0.2) is 0 Å². The molecule has 1 amide bonds. The lowest BCUT2D eigenvalue weighted by Crippen LogP contribution is -2.37. The van der Waals surface area contributed by atoms with Gasteiger partial charge in [0.1, 0.15) is 0 Å². The average molecular weight is 313 g/mol. The van der Waals surface area contributed by atoms with Gasteiger partial charge in [-0.2, -0.15) is 13.2 Å². The molecular weight excluding hydrogens is 299 g/mol. The number of benzene rings is 1. The van der Waals surface area contributed by atoms with Crippen molar-refractivity contribution in [2.24, 2.45) is 0 Å². The molecule has 2 rings (SSSR count). The molecule has 1 aliphatic rings. The highest BCUT2D eigenvalue weighted by Gasteiger charge is 2.35. The van der Waals surface area contributed by atoms with Crippen molar-refractivity contribution >= 4 is 11.9 Å². The van der Waals surface area contributed by atoms with Gasteiger partial charge in [-0.15, -0.1) is 0 Å². The Hall–Kier alpha value is -2.31. The number of alkyl halides is 3. The number of carbonyl (C=O) groups excluding carboxylic acids is 1. The average Bonchev–Trinajstić information content (AvgIpc) is 2.47. The fourth-order valence-corrected chi connectivity index (χ4v) is 2.20. The van der Waals surface area contributed by atoms with E-state index in [9.17, 15) is 22.8 Å². The Morgan fingerprint density at radius 1 is 1.18 bits per heavy atom. The summed E-state index contributed by atoms with van der Waals surface area (Å²) < 4.78 is 37.5. The van der Waals surface area contributed by atoms with Crippen molar-refractivity contribution in [2.45, 2.75) is 19.0 Å². The van der Waals surface area contributed by atoms with Crippen LogP contribution in [0.2, 0.25) is 0 Å². The van der Waals surface area contributed by atoms with Crippen molar-refractivity contribution in [3.05, 3.63) is 47.0 Å². The fraction of sp³-hybridized carbons (Fsp3) is 0.333. The van der Waals surface area contributed by atoms with Crippen LogP contribution in [0.25, 0.3) is 0 Å². The van der Waals surface area contributed by atoms with E-state index in [1.807, 2.05) is 0 Å². The van der Waals surface area contributed by atoms with Crippen LogP contribution in [-0.2, 0) is 11.2 Å². The summed E-state index contributed by atoms with van der Waals surface area (Å²) in [6, 6.07) is 5.84. The third-order valence-corrected chi connectivity index (χ3v) is 3.48. The van der Waals surface area contributed by atoms with Gasteiger partial charge in [0.25, 0.3) is 0 Å². The van der Waals surface area contributed by atoms with Crippen LogP contribution in [0.5, 0.6) is 0 Å². The second-order valence-electron chi connectivity index (χ2n) is 5.00. The van der Waals surface area contributed by atoms with E-state index >= 15 is 0 Å². The Morgan fingerprint density at radius 2 is 1.82 bits per heavy atom. The second-order valence-corrected chi connectivity index (χ2v) is 5.00. The van der Waals surface area contributed by atoms with Crippen LogP contribution in [0.4, 0.5) is 13.2 Å². The molecule has 0 saturated heterocycles. The molecule has 0 radical (unpaired) electrons. The molecule has 0 atom stereocenters. The van der Waals surface area contributed by atoms with Gasteiger partial charge in [0.05, 0.1) is 12.0 Å². The number of nitrogens with zero attached hydrogens (tertiary/aromatic N) is 1. The second kappa shape index (κ2) is 6.21. The van der Waals surface area contributed by atoms with E-state index in [4.69, 9.17) is 5.11 Å². The highest BCUT2D eigenvalue weighted by atomic mass is 19.4. The van der Waals surface area contributed by atoms with Crippen molar-refractivity contribution in [3.63, 3.8) is 0 Å². The van der Waals surface area contributed by atoms with Crippen LogP contribution >= 0.6 is 0 Å². The zero-order chi connectivity index (χ0) is 16.3. The minimum Gasteiger partial charge on any atom is -0.478 e. The number of hydrogen-bond acceptors (Lipinski definition) is 2. The highest BCUT2D eigenvalue weighted by molar-refractivity contribution is 5.87. The first kappa shape index (κ1) is 16.1. The molecule has 118 valence electrons. The number of carbonyl (C=O) groups is 2. The molecular formula is C15H14F3NO3. The quantitative estimate of drug-likeness (QED) is 0.873. The molecule has 0 saturated carbocycles. The predicted octanol–water partition coefficient (Wildman–Crippen LogP) is 2.65. The number of aromatic carboxylic acids is 1. The summed E-state index contributed by atoms with van der Waals surface area (Å²) in [5, 5.41) is 8.78. The van der Waals surface area contributed by atoms with E-state index in [0.717, 1.165) is 6.08 Å². The summed E-state index contributed by atoms with van der Waals surface area (Å²) in [6.07, 6.45) is -3.46. The van der Waals surface area contributed by atoms with Gasteiger partial charge >= 0.3 is 12.1 Å². The van der Waals surface area contributed by atoms with Gasteiger partial charge in [0.2, 0.25) is 5.91 Å². The minimum atomic E-state index is -4.33. The van der Waals surface area contributed by atoms with E-state index in [-0.39, 0.29) is 37.4 Å². The molecule has 4 nitrogen and oxygen atoms in total. The molecule has 0 aliphatic carbocycles. The number of carboxylic acids is 1. The maximum Gasteiger partial charge on any atom is 0.412 e. The number of halogens is 3. The van der Waals surface area contributed by atoms with Crippen LogP contribution in [0, 0.1) is 0 Å². The smallest absolute Gasteiger partial charge is 0.412 e. The number of hydrogen-bond donors (Lipinski definition) is 1. The lowest BCUT2D eigenvalue weighted by Gasteiger charge is -2.27. The Balaban J connectivity index is 1.96. The Morgan fingerprint density at radius 3 is 2.27 bits per heavy atom. The van der Waals surface area contributed by atoms with Crippen LogP contribution in [0.1, 0.15) is 22.3 Å². The third-order valence-electron chi connectivity index (χ3n) is 3.48. The van der Waals surface area contributed by atoms with E-state index in [1.54, 1.807) is 0 Å². The molecule has 1 aromatic carbocycles. The first-order valence-electron chi connectivity index (χ1n) is 6.63. The Kier molecular flexibility index (Phi) is 4.54. The van der Waals surface area contributed by atoms with E-state index in [0.29, 0.717) is 5.56 Å². The van der Waals surface area contributed by atoms with Gasteiger partial charge in [-0.25, -0.2) is 4.79 Å². The summed E-state index contributed by atoms with van der Waals surface area (Å²) in [5.41, 5.74) is 0.148. The maximum atomic E-state index is 12.5.